The molecular weight excluding hydrogens is 342 g/mol. The van der Waals surface area contributed by atoms with Gasteiger partial charge in [-0.3, -0.25) is 9.59 Å². The second-order valence-electron chi connectivity index (χ2n) is 6.18. The molecule has 0 unspecified atom stereocenters. The SMILES string of the molecule is O=C1C(=O)c2ccccc2C(O)=C1Nc1ccc(-c2ccc(O)cc2)cc1. The van der Waals surface area contributed by atoms with Gasteiger partial charge in [0.05, 0.1) is 0 Å². The number of nitrogens with one attached hydrogen (secondary N) is 1. The molecule has 0 radical (unpaired) electrons. The average molecular weight is 357 g/mol. The van der Waals surface area contributed by atoms with Crippen molar-refractivity contribution in [3.05, 3.63) is 89.6 Å². The van der Waals surface area contributed by atoms with Crippen molar-refractivity contribution in [2.45, 2.75) is 0 Å². The summed E-state index contributed by atoms with van der Waals surface area (Å²) < 4.78 is 0. The third-order valence-corrected chi connectivity index (χ3v) is 4.45. The van der Waals surface area contributed by atoms with E-state index in [4.69, 9.17) is 0 Å². The molecule has 0 saturated carbocycles. The number of benzene rings is 3. The number of fused-ring (bicyclic) bond motifs is 1. The van der Waals surface area contributed by atoms with Gasteiger partial charge in [0.25, 0.3) is 5.78 Å². The van der Waals surface area contributed by atoms with Crippen LogP contribution >= 0.6 is 0 Å². The summed E-state index contributed by atoms with van der Waals surface area (Å²) in [7, 11) is 0. The Morgan fingerprint density at radius 1 is 0.630 bits per heavy atom. The van der Waals surface area contributed by atoms with Crippen LogP contribution in [0.1, 0.15) is 15.9 Å². The van der Waals surface area contributed by atoms with E-state index in [2.05, 4.69) is 5.32 Å². The van der Waals surface area contributed by atoms with Crippen LogP contribution in [0.25, 0.3) is 16.9 Å². The van der Waals surface area contributed by atoms with Gasteiger partial charge < -0.3 is 15.5 Å². The highest BCUT2D eigenvalue weighted by Gasteiger charge is 2.32. The number of phenols is 1. The molecular formula is C22H15NO4. The quantitative estimate of drug-likeness (QED) is 0.613. The van der Waals surface area contributed by atoms with E-state index in [0.29, 0.717) is 11.3 Å². The van der Waals surface area contributed by atoms with Gasteiger partial charge in [0, 0.05) is 16.8 Å². The van der Waals surface area contributed by atoms with Crippen molar-refractivity contribution in [1.82, 2.24) is 0 Å². The van der Waals surface area contributed by atoms with Crippen LogP contribution in [0.2, 0.25) is 0 Å². The van der Waals surface area contributed by atoms with Crippen LogP contribution in [0.4, 0.5) is 5.69 Å². The minimum atomic E-state index is -0.770. The molecule has 5 nitrogen and oxygen atoms in total. The van der Waals surface area contributed by atoms with E-state index < -0.39 is 11.6 Å². The van der Waals surface area contributed by atoms with Gasteiger partial charge in [0.15, 0.2) is 5.76 Å². The summed E-state index contributed by atoms with van der Waals surface area (Å²) in [5.41, 5.74) is 2.84. The fraction of sp³-hybridized carbons (Fsp3) is 0. The van der Waals surface area contributed by atoms with Gasteiger partial charge in [0.1, 0.15) is 11.4 Å². The number of carbonyl (C=O) groups excluding carboxylic acids is 2. The zero-order chi connectivity index (χ0) is 19.0. The summed E-state index contributed by atoms with van der Waals surface area (Å²) >= 11 is 0. The zero-order valence-electron chi connectivity index (χ0n) is 14.1. The second-order valence-corrected chi connectivity index (χ2v) is 6.18. The van der Waals surface area contributed by atoms with Gasteiger partial charge in [-0.1, -0.05) is 48.5 Å². The molecule has 3 N–H and O–H groups in total. The number of anilines is 1. The Bertz CT molecular complexity index is 1080. The third-order valence-electron chi connectivity index (χ3n) is 4.45. The van der Waals surface area contributed by atoms with Crippen LogP contribution in [0.15, 0.2) is 78.5 Å². The number of aromatic hydroxyl groups is 1. The Hall–Kier alpha value is -3.86. The molecule has 0 spiro atoms. The lowest BCUT2D eigenvalue weighted by molar-refractivity contribution is -0.111. The van der Waals surface area contributed by atoms with E-state index >= 15 is 0 Å². The maximum Gasteiger partial charge on any atom is 0.253 e. The lowest BCUT2D eigenvalue weighted by Gasteiger charge is -2.19. The van der Waals surface area contributed by atoms with E-state index in [1.807, 2.05) is 12.1 Å². The summed E-state index contributed by atoms with van der Waals surface area (Å²) in [4.78, 5) is 24.6. The number of rotatable bonds is 3. The maximum atomic E-state index is 12.4. The molecule has 0 saturated heterocycles. The van der Waals surface area contributed by atoms with Crippen LogP contribution in [0.3, 0.4) is 0 Å². The van der Waals surface area contributed by atoms with Gasteiger partial charge in [-0.25, -0.2) is 0 Å². The summed E-state index contributed by atoms with van der Waals surface area (Å²) in [5, 5.41) is 22.7. The molecule has 0 aromatic heterocycles. The lowest BCUT2D eigenvalue weighted by atomic mass is 9.91. The van der Waals surface area contributed by atoms with Crippen molar-refractivity contribution in [3.63, 3.8) is 0 Å². The Morgan fingerprint density at radius 3 is 1.81 bits per heavy atom. The number of Topliss-reactive ketones (excluding diaryl/α,β-unsaturated/α-hetero) is 2. The van der Waals surface area contributed by atoms with Crippen molar-refractivity contribution in [2.24, 2.45) is 0 Å². The molecule has 3 aromatic rings. The first-order valence-electron chi connectivity index (χ1n) is 8.33. The van der Waals surface area contributed by atoms with Crippen molar-refractivity contribution >= 4 is 23.0 Å². The Labute approximate surface area is 155 Å². The van der Waals surface area contributed by atoms with Crippen LogP contribution < -0.4 is 5.32 Å². The largest absolute Gasteiger partial charge is 0.508 e. The second kappa shape index (κ2) is 6.46. The summed E-state index contributed by atoms with van der Waals surface area (Å²) in [6, 6.07) is 20.5. The molecule has 0 fully saturated rings. The molecule has 5 heteroatoms. The normalized spacial score (nSPS) is 13.5. The van der Waals surface area contributed by atoms with E-state index in [1.165, 1.54) is 6.07 Å². The Balaban J connectivity index is 1.65. The van der Waals surface area contributed by atoms with Crippen LogP contribution in [0.5, 0.6) is 5.75 Å². The maximum absolute atomic E-state index is 12.4. The van der Waals surface area contributed by atoms with Crippen molar-refractivity contribution in [2.75, 3.05) is 5.32 Å². The summed E-state index contributed by atoms with van der Waals surface area (Å²) in [6.45, 7) is 0. The first kappa shape index (κ1) is 16.6. The zero-order valence-corrected chi connectivity index (χ0v) is 14.1. The fourth-order valence-electron chi connectivity index (χ4n) is 3.03. The molecule has 27 heavy (non-hydrogen) atoms. The third kappa shape index (κ3) is 2.95. The number of carbonyl (C=O) groups is 2. The summed E-state index contributed by atoms with van der Waals surface area (Å²) in [5.74, 6) is -1.46. The van der Waals surface area contributed by atoms with Gasteiger partial charge >= 0.3 is 0 Å². The van der Waals surface area contributed by atoms with E-state index in [0.717, 1.165) is 11.1 Å². The number of phenolic OH excluding ortho intramolecular Hbond substituents is 1. The standard InChI is InChI=1S/C22H15NO4/c24-16-11-7-14(8-12-16)13-5-9-15(10-6-13)23-19-20(25)17-3-1-2-4-18(17)21(26)22(19)27/h1-12,23-25H. The molecule has 0 aliphatic heterocycles. The van der Waals surface area contributed by atoms with Crippen LogP contribution in [-0.4, -0.2) is 21.8 Å². The molecule has 1 aliphatic rings. The predicted molar refractivity (Wildman–Crippen MR) is 102 cm³/mol. The van der Waals surface area contributed by atoms with Crippen molar-refractivity contribution < 1.29 is 19.8 Å². The van der Waals surface area contributed by atoms with Gasteiger partial charge in [-0.05, 0) is 35.4 Å². The highest BCUT2D eigenvalue weighted by Crippen LogP contribution is 2.29. The highest BCUT2D eigenvalue weighted by atomic mass is 16.3. The molecule has 132 valence electrons. The Kier molecular flexibility index (Phi) is 3.97. The molecule has 4 rings (SSSR count). The Morgan fingerprint density at radius 2 is 1.19 bits per heavy atom. The number of hydrogen-bond donors (Lipinski definition) is 3. The highest BCUT2D eigenvalue weighted by molar-refractivity contribution is 6.52. The van der Waals surface area contributed by atoms with Gasteiger partial charge in [-0.2, -0.15) is 0 Å². The number of ketones is 2. The van der Waals surface area contributed by atoms with Gasteiger partial charge in [0.2, 0.25) is 5.78 Å². The number of aliphatic hydroxyl groups is 1. The number of hydrogen-bond acceptors (Lipinski definition) is 5. The van der Waals surface area contributed by atoms with Crippen LogP contribution in [0, 0.1) is 0 Å². The fourth-order valence-corrected chi connectivity index (χ4v) is 3.03. The van der Waals surface area contributed by atoms with E-state index in [9.17, 15) is 19.8 Å². The minimum Gasteiger partial charge on any atom is -0.508 e. The van der Waals surface area contributed by atoms with E-state index in [1.54, 1.807) is 54.6 Å². The molecule has 0 amide bonds. The number of allylic oxidation sites excluding steroid dienone is 1. The van der Waals surface area contributed by atoms with E-state index in [-0.39, 0.29) is 22.8 Å². The van der Waals surface area contributed by atoms with Gasteiger partial charge in [-0.15, -0.1) is 0 Å². The smallest absolute Gasteiger partial charge is 0.253 e. The summed E-state index contributed by atoms with van der Waals surface area (Å²) in [6.07, 6.45) is 0. The molecule has 0 heterocycles. The number of aliphatic hydroxyl groups excluding tert-OH is 1. The average Bonchev–Trinajstić information content (AvgIpc) is 2.71. The first-order chi connectivity index (χ1) is 13.0. The van der Waals surface area contributed by atoms with Crippen molar-refractivity contribution in [1.29, 1.82) is 0 Å². The molecule has 1 aliphatic carbocycles. The monoisotopic (exact) mass is 357 g/mol. The first-order valence-corrected chi connectivity index (χ1v) is 8.33. The predicted octanol–water partition coefficient (Wildman–Crippen LogP) is 4.16. The van der Waals surface area contributed by atoms with Crippen LogP contribution in [-0.2, 0) is 4.79 Å². The topological polar surface area (TPSA) is 86.6 Å². The molecule has 0 atom stereocenters. The van der Waals surface area contributed by atoms with Crippen molar-refractivity contribution in [3.8, 4) is 16.9 Å². The lowest BCUT2D eigenvalue weighted by Crippen LogP contribution is -2.27. The minimum absolute atomic E-state index is 0.129. The molecule has 0 bridgehead atoms. The molecule has 3 aromatic carbocycles.